The number of fused-ring (bicyclic) bond motifs is 1. The van der Waals surface area contributed by atoms with Crippen molar-refractivity contribution in [1.29, 1.82) is 0 Å². The number of rotatable bonds is 4. The zero-order valence-corrected chi connectivity index (χ0v) is 14.1. The molecule has 0 radical (unpaired) electrons. The van der Waals surface area contributed by atoms with Gasteiger partial charge in [0, 0.05) is 45.5 Å². The first-order valence-corrected chi connectivity index (χ1v) is 8.60. The summed E-state index contributed by atoms with van der Waals surface area (Å²) >= 11 is 0. The van der Waals surface area contributed by atoms with E-state index in [2.05, 4.69) is 55.5 Å². The van der Waals surface area contributed by atoms with Crippen LogP contribution in [0.25, 0.3) is 11.0 Å². The number of nitrogens with zero attached hydrogens (tertiary/aromatic N) is 5. The highest BCUT2D eigenvalue weighted by Crippen LogP contribution is 2.18. The van der Waals surface area contributed by atoms with Gasteiger partial charge in [0.1, 0.15) is 5.82 Å². The summed E-state index contributed by atoms with van der Waals surface area (Å²) in [7, 11) is 0. The minimum atomic E-state index is 0.989. The maximum Gasteiger partial charge on any atom is 0.131 e. The van der Waals surface area contributed by atoms with Crippen LogP contribution in [0.5, 0.6) is 0 Å². The van der Waals surface area contributed by atoms with Gasteiger partial charge >= 0.3 is 0 Å². The Morgan fingerprint density at radius 2 is 1.75 bits per heavy atom. The Morgan fingerprint density at radius 3 is 2.58 bits per heavy atom. The zero-order chi connectivity index (χ0) is 16.4. The van der Waals surface area contributed by atoms with Crippen molar-refractivity contribution in [3.05, 3.63) is 54.5 Å². The van der Waals surface area contributed by atoms with Crippen LogP contribution in [0, 0.1) is 6.92 Å². The summed E-state index contributed by atoms with van der Waals surface area (Å²) in [6.45, 7) is 8.45. The summed E-state index contributed by atoms with van der Waals surface area (Å²) in [6.07, 6.45) is 3.84. The highest BCUT2D eigenvalue weighted by molar-refractivity contribution is 5.74. The molecule has 0 bridgehead atoms. The van der Waals surface area contributed by atoms with Crippen LogP contribution >= 0.6 is 0 Å². The highest BCUT2D eigenvalue weighted by Gasteiger charge is 2.19. The van der Waals surface area contributed by atoms with Gasteiger partial charge in [-0.25, -0.2) is 9.97 Å². The Labute approximate surface area is 142 Å². The zero-order valence-electron chi connectivity index (χ0n) is 14.1. The number of hydrogen-bond donors (Lipinski definition) is 0. The van der Waals surface area contributed by atoms with Gasteiger partial charge in [0.15, 0.2) is 0 Å². The maximum absolute atomic E-state index is 4.54. The van der Waals surface area contributed by atoms with E-state index < -0.39 is 0 Å². The second-order valence-corrected chi connectivity index (χ2v) is 6.40. The first-order chi connectivity index (χ1) is 11.8. The Morgan fingerprint density at radius 1 is 0.917 bits per heavy atom. The summed E-state index contributed by atoms with van der Waals surface area (Å²) in [6, 6.07) is 12.5. The third-order valence-corrected chi connectivity index (χ3v) is 4.84. The van der Waals surface area contributed by atoms with Crippen molar-refractivity contribution < 1.29 is 0 Å². The molecule has 5 heteroatoms. The van der Waals surface area contributed by atoms with E-state index in [1.54, 1.807) is 0 Å². The third-order valence-electron chi connectivity index (χ3n) is 4.84. The first-order valence-electron chi connectivity index (χ1n) is 8.60. The Bertz CT molecular complexity index is 817. The second kappa shape index (κ2) is 6.61. The summed E-state index contributed by atoms with van der Waals surface area (Å²) < 4.78 is 2.25. The molecule has 1 aromatic carbocycles. The highest BCUT2D eigenvalue weighted by atomic mass is 15.3. The predicted molar refractivity (Wildman–Crippen MR) is 97.4 cm³/mol. The minimum Gasteiger partial charge on any atom is -0.354 e. The maximum atomic E-state index is 4.54. The van der Waals surface area contributed by atoms with Crippen molar-refractivity contribution in [3.63, 3.8) is 0 Å². The second-order valence-electron chi connectivity index (χ2n) is 6.40. The normalized spacial score (nSPS) is 16.0. The molecule has 1 aliphatic heterocycles. The monoisotopic (exact) mass is 321 g/mol. The Balaban J connectivity index is 1.34. The largest absolute Gasteiger partial charge is 0.354 e. The van der Waals surface area contributed by atoms with Gasteiger partial charge in [-0.2, -0.15) is 0 Å². The van der Waals surface area contributed by atoms with Crippen molar-refractivity contribution in [3.8, 4) is 0 Å². The van der Waals surface area contributed by atoms with E-state index in [0.29, 0.717) is 0 Å². The average molecular weight is 321 g/mol. The van der Waals surface area contributed by atoms with E-state index in [9.17, 15) is 0 Å². The van der Waals surface area contributed by atoms with Crippen LogP contribution in [-0.4, -0.2) is 52.2 Å². The van der Waals surface area contributed by atoms with Gasteiger partial charge in [-0.3, -0.25) is 4.90 Å². The van der Waals surface area contributed by atoms with Gasteiger partial charge in [-0.1, -0.05) is 18.2 Å². The van der Waals surface area contributed by atoms with Crippen molar-refractivity contribution in [2.45, 2.75) is 13.5 Å². The lowest BCUT2D eigenvalue weighted by Gasteiger charge is -2.36. The van der Waals surface area contributed by atoms with Gasteiger partial charge in [-0.05, 0) is 30.7 Å². The molecule has 0 unspecified atom stereocenters. The number of para-hydroxylation sites is 2. The van der Waals surface area contributed by atoms with Gasteiger partial charge in [0.05, 0.1) is 17.4 Å². The molecule has 0 amide bonds. The lowest BCUT2D eigenvalue weighted by molar-refractivity contribution is 0.248. The lowest BCUT2D eigenvalue weighted by Crippen LogP contribution is -2.47. The smallest absolute Gasteiger partial charge is 0.131 e. The number of anilines is 1. The van der Waals surface area contributed by atoms with E-state index in [1.165, 1.54) is 11.1 Å². The molecular formula is C19H23N5. The van der Waals surface area contributed by atoms with E-state index in [1.807, 2.05) is 24.7 Å². The van der Waals surface area contributed by atoms with Crippen molar-refractivity contribution in [2.24, 2.45) is 0 Å². The van der Waals surface area contributed by atoms with Gasteiger partial charge in [-0.15, -0.1) is 0 Å². The summed E-state index contributed by atoms with van der Waals surface area (Å²) in [5.41, 5.74) is 3.56. The molecule has 0 spiro atoms. The predicted octanol–water partition coefficient (Wildman–Crippen LogP) is 2.56. The third kappa shape index (κ3) is 2.99. The molecular weight excluding hydrogens is 298 g/mol. The van der Waals surface area contributed by atoms with E-state index in [4.69, 9.17) is 0 Å². The molecule has 1 saturated heterocycles. The first kappa shape index (κ1) is 15.1. The molecule has 5 nitrogen and oxygen atoms in total. The average Bonchev–Trinajstić information content (AvgIpc) is 3.04. The lowest BCUT2D eigenvalue weighted by atomic mass is 10.2. The molecule has 24 heavy (non-hydrogen) atoms. The standard InChI is InChI=1S/C19H23N5/c1-16-5-4-8-20-19(16)23-12-9-22(10-13-23)11-14-24-15-21-17-6-2-3-7-18(17)24/h2-8,15H,9-14H2,1H3. The SMILES string of the molecule is Cc1cccnc1N1CCN(CCn2cnc3ccccc32)CC1. The van der Waals surface area contributed by atoms with Crippen LogP contribution in [0.15, 0.2) is 48.9 Å². The molecule has 4 rings (SSSR count). The molecule has 1 fully saturated rings. The van der Waals surface area contributed by atoms with E-state index in [-0.39, 0.29) is 0 Å². The van der Waals surface area contributed by atoms with E-state index >= 15 is 0 Å². The summed E-state index contributed by atoms with van der Waals surface area (Å²) in [5.74, 6) is 1.14. The van der Waals surface area contributed by atoms with Crippen LogP contribution in [0.3, 0.4) is 0 Å². The number of aromatic nitrogens is 3. The molecule has 3 heterocycles. The summed E-state index contributed by atoms with van der Waals surface area (Å²) in [4.78, 5) is 13.9. The molecule has 2 aromatic heterocycles. The van der Waals surface area contributed by atoms with E-state index in [0.717, 1.165) is 50.6 Å². The van der Waals surface area contributed by atoms with Crippen LogP contribution in [-0.2, 0) is 6.54 Å². The summed E-state index contributed by atoms with van der Waals surface area (Å²) in [5, 5.41) is 0. The minimum absolute atomic E-state index is 0.989. The number of pyridine rings is 1. The fourth-order valence-electron chi connectivity index (χ4n) is 3.43. The van der Waals surface area contributed by atoms with Crippen LogP contribution in [0.2, 0.25) is 0 Å². The molecule has 0 atom stereocenters. The van der Waals surface area contributed by atoms with Gasteiger partial charge in [0.2, 0.25) is 0 Å². The van der Waals surface area contributed by atoms with Crippen LogP contribution in [0.1, 0.15) is 5.56 Å². The molecule has 3 aromatic rings. The van der Waals surface area contributed by atoms with Crippen LogP contribution in [0.4, 0.5) is 5.82 Å². The number of hydrogen-bond acceptors (Lipinski definition) is 4. The Hall–Kier alpha value is -2.40. The van der Waals surface area contributed by atoms with Crippen LogP contribution < -0.4 is 4.90 Å². The topological polar surface area (TPSA) is 37.2 Å². The molecule has 1 aliphatic rings. The number of piperazine rings is 1. The number of benzene rings is 1. The molecule has 0 aliphatic carbocycles. The van der Waals surface area contributed by atoms with Crippen molar-refractivity contribution >= 4 is 16.9 Å². The molecule has 0 saturated carbocycles. The van der Waals surface area contributed by atoms with Gasteiger partial charge in [0.25, 0.3) is 0 Å². The fraction of sp³-hybridized carbons (Fsp3) is 0.368. The van der Waals surface area contributed by atoms with Crippen molar-refractivity contribution in [2.75, 3.05) is 37.6 Å². The van der Waals surface area contributed by atoms with Gasteiger partial charge < -0.3 is 9.47 Å². The number of imidazole rings is 1. The quantitative estimate of drug-likeness (QED) is 0.740. The van der Waals surface area contributed by atoms with Crippen molar-refractivity contribution in [1.82, 2.24) is 19.4 Å². The number of aryl methyl sites for hydroxylation is 1. The molecule has 124 valence electrons. The molecule has 0 N–H and O–H groups in total. The Kier molecular flexibility index (Phi) is 4.17. The fourth-order valence-corrected chi connectivity index (χ4v) is 3.43.